The van der Waals surface area contributed by atoms with Gasteiger partial charge in [-0.05, 0) is 19.8 Å². The molecule has 1 saturated heterocycles. The van der Waals surface area contributed by atoms with E-state index in [0.717, 1.165) is 6.42 Å². The van der Waals surface area contributed by atoms with Crippen LogP contribution < -0.4 is 0 Å². The molecule has 0 radical (unpaired) electrons. The van der Waals surface area contributed by atoms with Crippen LogP contribution in [0.25, 0.3) is 0 Å². The molecule has 1 fully saturated rings. The standard InChI is InChI=1S/C21H36O6/c1-7-8-17-13(4)19(24)12(3)16(22)10-9-11(2)18(23)14(5)20(25)15(6)21(26)27-17/h11-15,17,19-20,24-25H,7-10H2,1-6H3/t11-,12-,13-,14+,15+,17+,19+,20-/m0/s1. The second-order valence-corrected chi connectivity index (χ2v) is 8.28. The van der Waals surface area contributed by atoms with Crippen LogP contribution in [0.5, 0.6) is 0 Å². The fourth-order valence-electron chi connectivity index (χ4n) is 3.75. The number of ketones is 2. The zero-order chi connectivity index (χ0) is 20.9. The van der Waals surface area contributed by atoms with E-state index in [1.54, 1.807) is 34.6 Å². The number of Topliss-reactive ketones (excluding diaryl/α,β-unsaturated/α-hetero) is 2. The third kappa shape index (κ3) is 5.85. The summed E-state index contributed by atoms with van der Waals surface area (Å²) in [5.41, 5.74) is 0. The number of cyclic esters (lactones) is 1. The maximum Gasteiger partial charge on any atom is 0.311 e. The average Bonchev–Trinajstić information content (AvgIpc) is 2.66. The Labute approximate surface area is 162 Å². The van der Waals surface area contributed by atoms with Crippen molar-refractivity contribution in [1.29, 1.82) is 0 Å². The van der Waals surface area contributed by atoms with E-state index in [2.05, 4.69) is 0 Å². The molecule has 6 heteroatoms. The van der Waals surface area contributed by atoms with Crippen molar-refractivity contribution < 1.29 is 29.3 Å². The van der Waals surface area contributed by atoms with Gasteiger partial charge in [0.15, 0.2) is 0 Å². The molecule has 6 nitrogen and oxygen atoms in total. The predicted molar refractivity (Wildman–Crippen MR) is 102 cm³/mol. The van der Waals surface area contributed by atoms with Crippen LogP contribution >= 0.6 is 0 Å². The molecule has 0 bridgehead atoms. The maximum absolute atomic E-state index is 12.6. The fourth-order valence-corrected chi connectivity index (χ4v) is 3.75. The van der Waals surface area contributed by atoms with Crippen molar-refractivity contribution in [3.63, 3.8) is 0 Å². The van der Waals surface area contributed by atoms with E-state index in [-0.39, 0.29) is 18.0 Å². The number of hydrogen-bond acceptors (Lipinski definition) is 6. The molecule has 0 aromatic rings. The third-order valence-electron chi connectivity index (χ3n) is 6.14. The van der Waals surface area contributed by atoms with Gasteiger partial charge in [-0.2, -0.15) is 0 Å². The van der Waals surface area contributed by atoms with E-state index < -0.39 is 53.9 Å². The van der Waals surface area contributed by atoms with Crippen molar-refractivity contribution in [2.75, 3.05) is 0 Å². The van der Waals surface area contributed by atoms with Crippen molar-refractivity contribution in [2.24, 2.45) is 29.6 Å². The van der Waals surface area contributed by atoms with Gasteiger partial charge in [-0.1, -0.05) is 41.0 Å². The topological polar surface area (TPSA) is 101 Å². The maximum atomic E-state index is 12.6. The van der Waals surface area contributed by atoms with E-state index in [1.807, 2.05) is 6.92 Å². The normalized spacial score (nSPS) is 40.4. The Kier molecular flexibility index (Phi) is 9.09. The Morgan fingerprint density at radius 1 is 0.926 bits per heavy atom. The van der Waals surface area contributed by atoms with E-state index in [1.165, 1.54) is 0 Å². The molecule has 2 N–H and O–H groups in total. The van der Waals surface area contributed by atoms with Gasteiger partial charge < -0.3 is 14.9 Å². The Morgan fingerprint density at radius 2 is 1.52 bits per heavy atom. The highest BCUT2D eigenvalue weighted by Gasteiger charge is 2.38. The smallest absolute Gasteiger partial charge is 0.311 e. The summed E-state index contributed by atoms with van der Waals surface area (Å²) in [6, 6.07) is 0. The molecule has 1 rings (SSSR count). The Bertz CT molecular complexity index is 531. The van der Waals surface area contributed by atoms with E-state index in [9.17, 15) is 24.6 Å². The van der Waals surface area contributed by atoms with Gasteiger partial charge in [-0.3, -0.25) is 14.4 Å². The van der Waals surface area contributed by atoms with Crippen LogP contribution in [-0.4, -0.2) is 46.1 Å². The van der Waals surface area contributed by atoms with Crippen LogP contribution in [0.1, 0.15) is 67.2 Å². The minimum absolute atomic E-state index is 0.103. The second-order valence-electron chi connectivity index (χ2n) is 8.28. The minimum atomic E-state index is -1.15. The number of aliphatic hydroxyl groups is 2. The van der Waals surface area contributed by atoms with Gasteiger partial charge in [-0.25, -0.2) is 0 Å². The zero-order valence-corrected chi connectivity index (χ0v) is 17.5. The lowest BCUT2D eigenvalue weighted by Gasteiger charge is -2.33. The summed E-state index contributed by atoms with van der Waals surface area (Å²) >= 11 is 0. The molecule has 0 aromatic carbocycles. The lowest BCUT2D eigenvalue weighted by molar-refractivity contribution is -0.165. The van der Waals surface area contributed by atoms with Crippen molar-refractivity contribution in [2.45, 2.75) is 85.5 Å². The third-order valence-corrected chi connectivity index (χ3v) is 6.14. The molecular weight excluding hydrogens is 348 g/mol. The molecule has 1 aliphatic heterocycles. The van der Waals surface area contributed by atoms with Crippen molar-refractivity contribution in [1.82, 2.24) is 0 Å². The van der Waals surface area contributed by atoms with Crippen LogP contribution in [0.3, 0.4) is 0 Å². The van der Waals surface area contributed by atoms with Crippen LogP contribution in [-0.2, 0) is 19.1 Å². The minimum Gasteiger partial charge on any atom is -0.462 e. The SMILES string of the molecule is CCC[C@H]1OC(=O)[C@H](C)[C@@H](O)[C@H](C)C(=O)[C@@H](C)CCC(=O)[C@H](C)[C@@H](O)[C@H]1C. The molecule has 0 amide bonds. The number of rotatable bonds is 2. The number of carbonyl (C=O) groups excluding carboxylic acids is 3. The van der Waals surface area contributed by atoms with Gasteiger partial charge >= 0.3 is 5.97 Å². The summed E-state index contributed by atoms with van der Waals surface area (Å²) in [6.45, 7) is 10.3. The van der Waals surface area contributed by atoms with Crippen molar-refractivity contribution in [3.8, 4) is 0 Å². The Hall–Kier alpha value is -1.27. The van der Waals surface area contributed by atoms with Gasteiger partial charge in [0.1, 0.15) is 17.7 Å². The largest absolute Gasteiger partial charge is 0.462 e. The quantitative estimate of drug-likeness (QED) is 0.710. The molecule has 1 heterocycles. The number of carbonyl (C=O) groups is 3. The van der Waals surface area contributed by atoms with Gasteiger partial charge in [0.25, 0.3) is 0 Å². The number of ether oxygens (including phenoxy) is 1. The molecule has 156 valence electrons. The first-order valence-corrected chi connectivity index (χ1v) is 10.2. The highest BCUT2D eigenvalue weighted by Crippen LogP contribution is 2.28. The molecule has 0 aliphatic carbocycles. The van der Waals surface area contributed by atoms with E-state index >= 15 is 0 Å². The fraction of sp³-hybridized carbons (Fsp3) is 0.857. The van der Waals surface area contributed by atoms with Gasteiger partial charge in [0, 0.05) is 30.1 Å². The highest BCUT2D eigenvalue weighted by molar-refractivity contribution is 5.86. The average molecular weight is 385 g/mol. The summed E-state index contributed by atoms with van der Waals surface area (Å²) in [4.78, 5) is 37.6. The number of esters is 1. The van der Waals surface area contributed by atoms with Gasteiger partial charge in [-0.15, -0.1) is 0 Å². The molecule has 8 atom stereocenters. The summed E-state index contributed by atoms with van der Waals surface area (Å²) in [5.74, 6) is -3.82. The first kappa shape index (κ1) is 23.8. The van der Waals surface area contributed by atoms with Crippen molar-refractivity contribution >= 4 is 17.5 Å². The lowest BCUT2D eigenvalue weighted by Crippen LogP contribution is -2.43. The molecule has 0 unspecified atom stereocenters. The van der Waals surface area contributed by atoms with Crippen LogP contribution in [0, 0.1) is 29.6 Å². The van der Waals surface area contributed by atoms with Gasteiger partial charge in [0.05, 0.1) is 18.1 Å². The number of aliphatic hydroxyl groups excluding tert-OH is 2. The van der Waals surface area contributed by atoms with E-state index in [0.29, 0.717) is 12.8 Å². The molecule has 0 spiro atoms. The first-order valence-electron chi connectivity index (χ1n) is 10.2. The van der Waals surface area contributed by atoms with Crippen molar-refractivity contribution in [3.05, 3.63) is 0 Å². The summed E-state index contributed by atoms with van der Waals surface area (Å²) in [5, 5.41) is 21.2. The molecular formula is C21H36O6. The van der Waals surface area contributed by atoms with Crippen LogP contribution in [0.4, 0.5) is 0 Å². The summed E-state index contributed by atoms with van der Waals surface area (Å²) in [7, 11) is 0. The second kappa shape index (κ2) is 10.3. The molecule has 0 aromatic heterocycles. The van der Waals surface area contributed by atoms with E-state index in [4.69, 9.17) is 4.74 Å². The monoisotopic (exact) mass is 384 g/mol. The summed E-state index contributed by atoms with van der Waals surface area (Å²) < 4.78 is 5.61. The Morgan fingerprint density at radius 3 is 2.07 bits per heavy atom. The number of hydrogen-bond donors (Lipinski definition) is 2. The Balaban J connectivity index is 3.18. The molecule has 27 heavy (non-hydrogen) atoms. The highest BCUT2D eigenvalue weighted by atomic mass is 16.5. The van der Waals surface area contributed by atoms with Gasteiger partial charge in [0.2, 0.25) is 0 Å². The first-order chi connectivity index (χ1) is 12.5. The molecule has 1 aliphatic rings. The lowest BCUT2D eigenvalue weighted by atomic mass is 9.81. The molecule has 0 saturated carbocycles. The summed E-state index contributed by atoms with van der Waals surface area (Å²) in [6.07, 6.45) is -0.746. The van der Waals surface area contributed by atoms with Crippen LogP contribution in [0.2, 0.25) is 0 Å². The zero-order valence-electron chi connectivity index (χ0n) is 17.5. The van der Waals surface area contributed by atoms with Crippen LogP contribution in [0.15, 0.2) is 0 Å². The predicted octanol–water partition coefficient (Wildman–Crippen LogP) is 2.53.